The lowest BCUT2D eigenvalue weighted by Gasteiger charge is -1.98. The molecule has 0 saturated heterocycles. The van der Waals surface area contributed by atoms with Crippen molar-refractivity contribution < 1.29 is 10.2 Å². The molecule has 2 heterocycles. The highest BCUT2D eigenvalue weighted by atomic mass is 32.1. The molecule has 16 heavy (non-hydrogen) atoms. The zero-order valence-corrected chi connectivity index (χ0v) is 10.5. The van der Waals surface area contributed by atoms with E-state index < -0.39 is 0 Å². The van der Waals surface area contributed by atoms with Gasteiger partial charge in [0.1, 0.15) is 0 Å². The molecule has 86 valence electrons. The standard InChI is InChI=1S/C12H14O2S2/c13-4-1-9-7-11(16-8-9)12-10(2-5-14)3-6-15-12/h3,6-8,13-14H,1-2,4-5H2. The Bertz CT molecular complexity index is 445. The lowest BCUT2D eigenvalue weighted by molar-refractivity contribution is 0.299. The Balaban J connectivity index is 2.24. The molecule has 2 aromatic rings. The molecule has 0 amide bonds. The minimum absolute atomic E-state index is 0.193. The maximum Gasteiger partial charge on any atom is 0.0475 e. The van der Waals surface area contributed by atoms with E-state index in [-0.39, 0.29) is 13.2 Å². The van der Waals surface area contributed by atoms with Crippen molar-refractivity contribution >= 4 is 22.7 Å². The summed E-state index contributed by atoms with van der Waals surface area (Å²) < 4.78 is 0. The van der Waals surface area contributed by atoms with E-state index in [4.69, 9.17) is 10.2 Å². The molecule has 0 aliphatic carbocycles. The van der Waals surface area contributed by atoms with Crippen LogP contribution in [0.5, 0.6) is 0 Å². The van der Waals surface area contributed by atoms with Gasteiger partial charge in [-0.05, 0) is 46.9 Å². The van der Waals surface area contributed by atoms with Crippen LogP contribution in [0.15, 0.2) is 22.9 Å². The van der Waals surface area contributed by atoms with Crippen molar-refractivity contribution in [2.24, 2.45) is 0 Å². The lowest BCUT2D eigenvalue weighted by atomic mass is 10.1. The van der Waals surface area contributed by atoms with Crippen LogP contribution in [0.25, 0.3) is 9.75 Å². The molecule has 0 radical (unpaired) electrons. The second-order valence-electron chi connectivity index (χ2n) is 3.54. The normalized spacial score (nSPS) is 10.9. The van der Waals surface area contributed by atoms with E-state index in [9.17, 15) is 0 Å². The second kappa shape index (κ2) is 5.59. The summed E-state index contributed by atoms with van der Waals surface area (Å²) in [5.41, 5.74) is 2.40. The van der Waals surface area contributed by atoms with Crippen LogP contribution >= 0.6 is 22.7 Å². The molecule has 4 heteroatoms. The summed E-state index contributed by atoms with van der Waals surface area (Å²) in [4.78, 5) is 2.49. The molecular formula is C12H14O2S2. The minimum Gasteiger partial charge on any atom is -0.396 e. The van der Waals surface area contributed by atoms with Gasteiger partial charge in [0.25, 0.3) is 0 Å². The van der Waals surface area contributed by atoms with Gasteiger partial charge in [-0.2, -0.15) is 0 Å². The predicted molar refractivity (Wildman–Crippen MR) is 69.2 cm³/mol. The van der Waals surface area contributed by atoms with Crippen LogP contribution in [0.1, 0.15) is 11.1 Å². The molecule has 0 spiro atoms. The summed E-state index contributed by atoms with van der Waals surface area (Å²) in [6.07, 6.45) is 1.43. The van der Waals surface area contributed by atoms with E-state index in [1.165, 1.54) is 20.9 Å². The molecule has 2 N–H and O–H groups in total. The van der Waals surface area contributed by atoms with E-state index in [2.05, 4.69) is 22.9 Å². The molecule has 0 aromatic carbocycles. The van der Waals surface area contributed by atoms with Crippen LogP contribution in [-0.2, 0) is 12.8 Å². The average Bonchev–Trinajstić information content (AvgIpc) is 2.87. The Labute approximate surface area is 103 Å². The first-order valence-electron chi connectivity index (χ1n) is 5.21. The highest BCUT2D eigenvalue weighted by Crippen LogP contribution is 2.34. The number of aliphatic hydroxyl groups excluding tert-OH is 2. The molecule has 0 aliphatic rings. The molecule has 0 unspecified atom stereocenters. The molecule has 0 aliphatic heterocycles. The third-order valence-corrected chi connectivity index (χ3v) is 4.52. The highest BCUT2D eigenvalue weighted by molar-refractivity contribution is 7.20. The van der Waals surface area contributed by atoms with Crippen molar-refractivity contribution in [1.82, 2.24) is 0 Å². The molecular weight excluding hydrogens is 240 g/mol. The number of hydrogen-bond acceptors (Lipinski definition) is 4. The van der Waals surface area contributed by atoms with E-state index in [0.717, 1.165) is 6.42 Å². The fourth-order valence-corrected chi connectivity index (χ4v) is 3.70. The Morgan fingerprint density at radius 2 is 1.88 bits per heavy atom. The molecule has 2 aromatic heterocycles. The van der Waals surface area contributed by atoms with Gasteiger partial charge < -0.3 is 10.2 Å². The Morgan fingerprint density at radius 1 is 1.06 bits per heavy atom. The summed E-state index contributed by atoms with van der Waals surface area (Å²) in [6, 6.07) is 4.20. The van der Waals surface area contributed by atoms with Gasteiger partial charge in [-0.3, -0.25) is 0 Å². The molecule has 0 bridgehead atoms. The summed E-state index contributed by atoms with van der Waals surface area (Å²) >= 11 is 3.42. The maximum atomic E-state index is 8.97. The van der Waals surface area contributed by atoms with Crippen molar-refractivity contribution in [2.45, 2.75) is 12.8 Å². The fourth-order valence-electron chi connectivity index (χ4n) is 1.62. The number of thiophene rings is 2. The Morgan fingerprint density at radius 3 is 2.62 bits per heavy atom. The van der Waals surface area contributed by atoms with Crippen molar-refractivity contribution in [3.63, 3.8) is 0 Å². The first-order chi connectivity index (χ1) is 7.85. The van der Waals surface area contributed by atoms with Gasteiger partial charge in [-0.1, -0.05) is 0 Å². The quantitative estimate of drug-likeness (QED) is 0.861. The van der Waals surface area contributed by atoms with Gasteiger partial charge in [0.15, 0.2) is 0 Å². The summed E-state index contributed by atoms with van der Waals surface area (Å²) in [7, 11) is 0. The van der Waals surface area contributed by atoms with Crippen LogP contribution < -0.4 is 0 Å². The van der Waals surface area contributed by atoms with Gasteiger partial charge >= 0.3 is 0 Å². The molecule has 0 fully saturated rings. The number of hydrogen-bond donors (Lipinski definition) is 2. The zero-order valence-electron chi connectivity index (χ0n) is 8.85. The topological polar surface area (TPSA) is 40.5 Å². The van der Waals surface area contributed by atoms with Gasteiger partial charge in [-0.15, -0.1) is 22.7 Å². The largest absolute Gasteiger partial charge is 0.396 e. The van der Waals surface area contributed by atoms with Gasteiger partial charge in [0.05, 0.1) is 0 Å². The number of aliphatic hydroxyl groups is 2. The molecule has 2 nitrogen and oxygen atoms in total. The van der Waals surface area contributed by atoms with Crippen LogP contribution in [0, 0.1) is 0 Å². The summed E-state index contributed by atoms with van der Waals surface area (Å²) in [5, 5.41) is 22.0. The smallest absolute Gasteiger partial charge is 0.0475 e. The van der Waals surface area contributed by atoms with E-state index in [1.807, 2.05) is 0 Å². The second-order valence-corrected chi connectivity index (χ2v) is 5.37. The highest BCUT2D eigenvalue weighted by Gasteiger charge is 2.09. The molecule has 2 rings (SSSR count). The fraction of sp³-hybridized carbons (Fsp3) is 0.333. The monoisotopic (exact) mass is 254 g/mol. The molecule has 0 saturated carbocycles. The summed E-state index contributed by atoms with van der Waals surface area (Å²) in [5.74, 6) is 0. The third kappa shape index (κ3) is 2.52. The van der Waals surface area contributed by atoms with Crippen LogP contribution in [0.2, 0.25) is 0 Å². The zero-order chi connectivity index (χ0) is 11.4. The maximum absolute atomic E-state index is 8.97. The van der Waals surface area contributed by atoms with Crippen molar-refractivity contribution in [3.05, 3.63) is 34.0 Å². The van der Waals surface area contributed by atoms with Gasteiger partial charge in [0, 0.05) is 23.0 Å². The van der Waals surface area contributed by atoms with Crippen molar-refractivity contribution in [1.29, 1.82) is 0 Å². The van der Waals surface area contributed by atoms with Crippen LogP contribution in [-0.4, -0.2) is 23.4 Å². The minimum atomic E-state index is 0.193. The first-order valence-corrected chi connectivity index (χ1v) is 6.97. The van der Waals surface area contributed by atoms with Crippen LogP contribution in [0.3, 0.4) is 0 Å². The first kappa shape index (κ1) is 11.8. The summed E-state index contributed by atoms with van der Waals surface area (Å²) in [6.45, 7) is 0.392. The third-order valence-electron chi connectivity index (χ3n) is 2.41. The van der Waals surface area contributed by atoms with Crippen LogP contribution in [0.4, 0.5) is 0 Å². The number of rotatable bonds is 5. The van der Waals surface area contributed by atoms with Gasteiger partial charge in [-0.25, -0.2) is 0 Å². The lowest BCUT2D eigenvalue weighted by Crippen LogP contribution is -1.89. The van der Waals surface area contributed by atoms with Gasteiger partial charge in [0.2, 0.25) is 0 Å². The van der Waals surface area contributed by atoms with E-state index >= 15 is 0 Å². The van der Waals surface area contributed by atoms with E-state index in [1.54, 1.807) is 22.7 Å². The predicted octanol–water partition coefficient (Wildman–Crippen LogP) is 2.55. The Kier molecular flexibility index (Phi) is 4.12. The van der Waals surface area contributed by atoms with E-state index in [0.29, 0.717) is 6.42 Å². The van der Waals surface area contributed by atoms with Crippen molar-refractivity contribution in [2.75, 3.05) is 13.2 Å². The van der Waals surface area contributed by atoms with Crippen molar-refractivity contribution in [3.8, 4) is 9.75 Å². The average molecular weight is 254 g/mol. The molecule has 0 atom stereocenters. The Hall–Kier alpha value is -0.680. The SMILES string of the molecule is OCCc1csc(-c2sccc2CCO)c1.